The molecule has 1 rings (SSSR count). The van der Waals surface area contributed by atoms with E-state index in [1.807, 2.05) is 0 Å². The molecule has 0 radical (unpaired) electrons. The van der Waals surface area contributed by atoms with Crippen molar-refractivity contribution in [2.75, 3.05) is 0 Å². The number of benzene rings is 1. The number of carboxylic acids is 1. The van der Waals surface area contributed by atoms with Gasteiger partial charge in [0.25, 0.3) is 0 Å². The van der Waals surface area contributed by atoms with Crippen molar-refractivity contribution in [2.24, 2.45) is 0 Å². The van der Waals surface area contributed by atoms with Crippen LogP contribution in [-0.2, 0) is 0 Å². The minimum absolute atomic E-state index is 0.682. The number of halogens is 2. The summed E-state index contributed by atoms with van der Waals surface area (Å²) in [4.78, 5) is 10.2. The van der Waals surface area contributed by atoms with Crippen molar-refractivity contribution in [1.82, 2.24) is 0 Å². The first-order valence-electron chi connectivity index (χ1n) is 2.94. The van der Waals surface area contributed by atoms with Crippen LogP contribution in [0.25, 0.3) is 0 Å². The van der Waals surface area contributed by atoms with Crippen LogP contribution in [-0.4, -0.2) is 16.2 Å². The first-order valence-corrected chi connectivity index (χ1v) is 2.94. The minimum Gasteiger partial charge on any atom is -0.503 e. The second-order valence-corrected chi connectivity index (χ2v) is 2.06. The van der Waals surface area contributed by atoms with E-state index in [1.54, 1.807) is 0 Å². The smallest absolute Gasteiger partial charge is 0.338 e. The Bertz CT molecular complexity index is 336. The molecule has 0 unspecified atom stereocenters. The molecular weight excluding hydrogens is 170 g/mol. The molecule has 0 saturated carbocycles. The summed E-state index contributed by atoms with van der Waals surface area (Å²) in [6.45, 7) is 0. The average Bonchev–Trinajstić information content (AvgIpc) is 2.00. The highest BCUT2D eigenvalue weighted by molar-refractivity contribution is 5.88. The van der Waals surface area contributed by atoms with Crippen molar-refractivity contribution in [1.29, 1.82) is 0 Å². The summed E-state index contributed by atoms with van der Waals surface area (Å²) in [7, 11) is 0. The standard InChI is InChI=1S/C7H4F2O3/c8-4-2-1-3(7(11)12)5(9)6(4)10/h1-2,10H,(H,11,12). The third-order valence-electron chi connectivity index (χ3n) is 1.30. The zero-order valence-corrected chi connectivity index (χ0v) is 5.71. The van der Waals surface area contributed by atoms with Gasteiger partial charge in [-0.05, 0) is 12.1 Å². The highest BCUT2D eigenvalue weighted by atomic mass is 19.1. The molecule has 3 nitrogen and oxygen atoms in total. The van der Waals surface area contributed by atoms with Crippen molar-refractivity contribution >= 4 is 5.97 Å². The van der Waals surface area contributed by atoms with Crippen molar-refractivity contribution in [3.05, 3.63) is 29.3 Å². The van der Waals surface area contributed by atoms with Crippen molar-refractivity contribution in [2.45, 2.75) is 0 Å². The Morgan fingerprint density at radius 2 is 1.92 bits per heavy atom. The van der Waals surface area contributed by atoms with Crippen molar-refractivity contribution in [3.63, 3.8) is 0 Å². The lowest BCUT2D eigenvalue weighted by molar-refractivity contribution is 0.0690. The molecule has 0 aliphatic heterocycles. The maximum absolute atomic E-state index is 12.6. The number of aromatic hydroxyl groups is 1. The lowest BCUT2D eigenvalue weighted by Gasteiger charge is -1.99. The molecule has 0 spiro atoms. The van der Waals surface area contributed by atoms with E-state index in [0.717, 1.165) is 6.07 Å². The van der Waals surface area contributed by atoms with Crippen LogP contribution in [0.3, 0.4) is 0 Å². The fourth-order valence-corrected chi connectivity index (χ4v) is 0.706. The number of carboxylic acid groups (broad SMARTS) is 1. The zero-order valence-electron chi connectivity index (χ0n) is 5.71. The lowest BCUT2D eigenvalue weighted by atomic mass is 10.2. The van der Waals surface area contributed by atoms with Crippen LogP contribution in [0.4, 0.5) is 8.78 Å². The third-order valence-corrected chi connectivity index (χ3v) is 1.30. The number of rotatable bonds is 1. The van der Waals surface area contributed by atoms with Gasteiger partial charge in [0.15, 0.2) is 17.4 Å². The molecule has 0 aromatic heterocycles. The van der Waals surface area contributed by atoms with E-state index in [9.17, 15) is 13.6 Å². The fourth-order valence-electron chi connectivity index (χ4n) is 0.706. The molecule has 0 aliphatic rings. The van der Waals surface area contributed by atoms with E-state index in [-0.39, 0.29) is 0 Å². The predicted molar refractivity (Wildman–Crippen MR) is 35.0 cm³/mol. The van der Waals surface area contributed by atoms with Crippen LogP contribution in [0, 0.1) is 11.6 Å². The molecule has 12 heavy (non-hydrogen) atoms. The Kier molecular flexibility index (Phi) is 1.95. The molecule has 1 aromatic rings. The van der Waals surface area contributed by atoms with E-state index in [0.29, 0.717) is 6.07 Å². The number of carbonyl (C=O) groups is 1. The summed E-state index contributed by atoms with van der Waals surface area (Å²) < 4.78 is 25.0. The second kappa shape index (κ2) is 2.77. The SMILES string of the molecule is O=C(O)c1ccc(F)c(O)c1F. The predicted octanol–water partition coefficient (Wildman–Crippen LogP) is 1.37. The highest BCUT2D eigenvalue weighted by Crippen LogP contribution is 2.22. The first kappa shape index (κ1) is 8.45. The summed E-state index contributed by atoms with van der Waals surface area (Å²) in [5.74, 6) is -5.46. The number of hydrogen-bond acceptors (Lipinski definition) is 2. The zero-order chi connectivity index (χ0) is 9.30. The van der Waals surface area contributed by atoms with E-state index in [1.165, 1.54) is 0 Å². The largest absolute Gasteiger partial charge is 0.503 e. The monoisotopic (exact) mass is 174 g/mol. The number of hydrogen-bond donors (Lipinski definition) is 2. The van der Waals surface area contributed by atoms with Crippen molar-refractivity contribution < 1.29 is 23.8 Å². The molecular formula is C7H4F2O3. The van der Waals surface area contributed by atoms with Crippen LogP contribution >= 0.6 is 0 Å². The van der Waals surface area contributed by atoms with Gasteiger partial charge in [-0.15, -0.1) is 0 Å². The summed E-state index contributed by atoms with van der Waals surface area (Å²) in [5, 5.41) is 16.9. The van der Waals surface area contributed by atoms with Gasteiger partial charge < -0.3 is 10.2 Å². The summed E-state index contributed by atoms with van der Waals surface area (Å²) in [6.07, 6.45) is 0. The Balaban J connectivity index is 3.36. The van der Waals surface area contributed by atoms with Gasteiger partial charge in [0.1, 0.15) is 0 Å². The summed E-state index contributed by atoms with van der Waals surface area (Å²) in [5.41, 5.74) is -0.756. The van der Waals surface area contributed by atoms with E-state index >= 15 is 0 Å². The van der Waals surface area contributed by atoms with Gasteiger partial charge in [0, 0.05) is 0 Å². The Hall–Kier alpha value is -1.65. The molecule has 0 bridgehead atoms. The summed E-state index contributed by atoms with van der Waals surface area (Å²) in [6, 6.07) is 1.43. The van der Waals surface area contributed by atoms with Crippen LogP contribution in [0.1, 0.15) is 10.4 Å². The molecule has 0 amide bonds. The molecule has 0 saturated heterocycles. The normalized spacial score (nSPS) is 9.83. The molecule has 0 heterocycles. The molecule has 1 aromatic carbocycles. The Labute approximate surface area is 65.9 Å². The molecule has 2 N–H and O–H groups in total. The van der Waals surface area contributed by atoms with Gasteiger partial charge in [-0.3, -0.25) is 0 Å². The van der Waals surface area contributed by atoms with Crippen LogP contribution in [0.5, 0.6) is 5.75 Å². The number of phenolic OH excluding ortho intramolecular Hbond substituents is 1. The molecule has 0 aliphatic carbocycles. The second-order valence-electron chi connectivity index (χ2n) is 2.06. The van der Waals surface area contributed by atoms with Gasteiger partial charge in [-0.25, -0.2) is 13.6 Å². The molecule has 0 atom stereocenters. The van der Waals surface area contributed by atoms with Gasteiger partial charge in [0.2, 0.25) is 0 Å². The van der Waals surface area contributed by atoms with E-state index in [4.69, 9.17) is 10.2 Å². The summed E-state index contributed by atoms with van der Waals surface area (Å²) >= 11 is 0. The lowest BCUT2D eigenvalue weighted by Crippen LogP contribution is -2.01. The van der Waals surface area contributed by atoms with Gasteiger partial charge >= 0.3 is 5.97 Å². The molecule has 64 valence electrons. The quantitative estimate of drug-likeness (QED) is 0.675. The Morgan fingerprint density at radius 1 is 1.33 bits per heavy atom. The maximum atomic E-state index is 12.6. The Morgan fingerprint density at radius 3 is 2.42 bits per heavy atom. The maximum Gasteiger partial charge on any atom is 0.338 e. The van der Waals surface area contributed by atoms with Crippen molar-refractivity contribution in [3.8, 4) is 5.75 Å². The van der Waals surface area contributed by atoms with E-state index < -0.39 is 28.9 Å². The highest BCUT2D eigenvalue weighted by Gasteiger charge is 2.16. The van der Waals surface area contributed by atoms with Gasteiger partial charge in [-0.1, -0.05) is 0 Å². The minimum atomic E-state index is -1.55. The molecule has 5 heteroatoms. The first-order chi connectivity index (χ1) is 5.54. The third kappa shape index (κ3) is 1.20. The topological polar surface area (TPSA) is 57.5 Å². The van der Waals surface area contributed by atoms with E-state index in [2.05, 4.69) is 0 Å². The van der Waals surface area contributed by atoms with Gasteiger partial charge in [0.05, 0.1) is 5.56 Å². The number of phenols is 1. The number of aromatic carboxylic acids is 1. The fraction of sp³-hybridized carbons (Fsp3) is 0. The van der Waals surface area contributed by atoms with Crippen LogP contribution in [0.2, 0.25) is 0 Å². The van der Waals surface area contributed by atoms with Gasteiger partial charge in [-0.2, -0.15) is 0 Å². The van der Waals surface area contributed by atoms with Crippen LogP contribution in [0.15, 0.2) is 12.1 Å². The molecule has 0 fully saturated rings. The van der Waals surface area contributed by atoms with Crippen LogP contribution < -0.4 is 0 Å². The average molecular weight is 174 g/mol.